The van der Waals surface area contributed by atoms with Gasteiger partial charge in [0.2, 0.25) is 0 Å². The monoisotopic (exact) mass is 388 g/mol. The maximum absolute atomic E-state index is 11.0. The first-order chi connectivity index (χ1) is 11.5. The minimum atomic E-state index is -4.64. The van der Waals surface area contributed by atoms with Crippen molar-refractivity contribution >= 4 is 45.9 Å². The van der Waals surface area contributed by atoms with Gasteiger partial charge in [0.05, 0.1) is 0 Å². The molecule has 1 N–H and O–H groups in total. The van der Waals surface area contributed by atoms with E-state index in [1.54, 1.807) is 0 Å². The fourth-order valence-electron chi connectivity index (χ4n) is 2.80. The van der Waals surface area contributed by atoms with Crippen molar-refractivity contribution in [3.8, 4) is 0 Å². The molecule has 0 spiro atoms. The van der Waals surface area contributed by atoms with Gasteiger partial charge < -0.3 is 4.18 Å². The number of unbranched alkanes of at least 4 members (excludes halogenated alkanes) is 14. The van der Waals surface area contributed by atoms with E-state index in [4.69, 9.17) is 4.55 Å². The van der Waals surface area contributed by atoms with E-state index in [0.717, 1.165) is 19.3 Å². The van der Waals surface area contributed by atoms with Crippen LogP contribution in [0, 0.1) is 0 Å². The Morgan fingerprint density at radius 2 is 1.04 bits per heavy atom. The van der Waals surface area contributed by atoms with E-state index in [-0.39, 0.29) is 36.0 Å². The van der Waals surface area contributed by atoms with E-state index in [1.165, 1.54) is 70.6 Å². The van der Waals surface area contributed by atoms with Crippen LogP contribution in [0.2, 0.25) is 0 Å². The van der Waals surface area contributed by atoms with Crippen LogP contribution < -0.4 is 0 Å². The quantitative estimate of drug-likeness (QED) is 0.217. The summed E-state index contributed by atoms with van der Waals surface area (Å²) < 4.78 is 32.8. The summed E-state index contributed by atoms with van der Waals surface area (Å²) in [5.41, 5.74) is 0. The Kier molecular flexibility index (Phi) is 21.1. The zero-order chi connectivity index (χ0) is 18.1. The third-order valence-electron chi connectivity index (χ3n) is 4.18. The molecule has 0 atom stereocenters. The molecule has 0 fully saturated rings. The zero-order valence-corrected chi connectivity index (χ0v) is 16.1. The first-order valence-electron chi connectivity index (χ1n) is 9.65. The van der Waals surface area contributed by atoms with Crippen LogP contribution in [-0.4, -0.2) is 48.5 Å². The number of carbonyl (C=O) groups excluding carboxylic acids is 1. The molecule has 0 aromatic heterocycles. The van der Waals surface area contributed by atoms with Gasteiger partial charge in [0, 0.05) is 6.42 Å². The summed E-state index contributed by atoms with van der Waals surface area (Å²) in [6.07, 6.45) is 18.5. The van der Waals surface area contributed by atoms with Crippen LogP contribution in [0.3, 0.4) is 0 Å². The van der Waals surface area contributed by atoms with Crippen LogP contribution in [0.1, 0.15) is 110 Å². The van der Waals surface area contributed by atoms with E-state index < -0.39 is 16.4 Å². The van der Waals surface area contributed by atoms with Crippen LogP contribution >= 0.6 is 0 Å². The van der Waals surface area contributed by atoms with E-state index in [0.29, 0.717) is 6.42 Å². The number of hydrogen-bond donors (Lipinski definition) is 1. The van der Waals surface area contributed by atoms with Crippen molar-refractivity contribution in [3.05, 3.63) is 0 Å². The zero-order valence-electron chi connectivity index (χ0n) is 15.3. The predicted octanol–water partition coefficient (Wildman–Crippen LogP) is 4.95. The summed E-state index contributed by atoms with van der Waals surface area (Å²) in [5, 5.41) is 0. The van der Waals surface area contributed by atoms with Gasteiger partial charge in [-0.15, -0.1) is 0 Å². The van der Waals surface area contributed by atoms with E-state index >= 15 is 0 Å². The summed E-state index contributed by atoms with van der Waals surface area (Å²) in [5.74, 6) is -0.882. The molecule has 146 valence electrons. The summed E-state index contributed by atoms with van der Waals surface area (Å²) in [6, 6.07) is 0. The van der Waals surface area contributed by atoms with Gasteiger partial charge >= 0.3 is 45.9 Å². The fraction of sp³-hybridized carbons (Fsp3) is 0.944. The Morgan fingerprint density at radius 1 is 0.720 bits per heavy atom. The first-order valence-corrected chi connectivity index (χ1v) is 11.0. The van der Waals surface area contributed by atoms with Crippen LogP contribution in [-0.2, 0) is 19.4 Å². The van der Waals surface area contributed by atoms with Crippen molar-refractivity contribution in [1.29, 1.82) is 0 Å². The molecule has 0 unspecified atom stereocenters. The Bertz CT molecular complexity index is 398. The van der Waals surface area contributed by atoms with Crippen LogP contribution in [0.5, 0.6) is 0 Å². The molecule has 0 aliphatic heterocycles. The Hall–Kier alpha value is 0.380. The summed E-state index contributed by atoms with van der Waals surface area (Å²) in [7, 11) is -4.64. The molecule has 0 radical (unpaired) electrons. The molecular weight excluding hydrogens is 351 g/mol. The summed E-state index contributed by atoms with van der Waals surface area (Å²) in [6.45, 7) is 2.25. The average Bonchev–Trinajstić information content (AvgIpc) is 2.49. The molecule has 0 heterocycles. The summed E-state index contributed by atoms with van der Waals surface area (Å²) in [4.78, 5) is 11.0. The molecule has 0 aliphatic rings. The second-order valence-corrected chi connectivity index (χ2v) is 7.60. The number of hydrogen-bond acceptors (Lipinski definition) is 4. The third-order valence-corrected chi connectivity index (χ3v) is 4.58. The molecule has 5 nitrogen and oxygen atoms in total. The second-order valence-electron chi connectivity index (χ2n) is 6.58. The van der Waals surface area contributed by atoms with Crippen molar-refractivity contribution < 1.29 is 21.9 Å². The van der Waals surface area contributed by atoms with E-state index in [1.807, 2.05) is 0 Å². The molecule has 0 aromatic rings. The van der Waals surface area contributed by atoms with E-state index in [9.17, 15) is 13.2 Å². The predicted molar refractivity (Wildman–Crippen MR) is 104 cm³/mol. The van der Waals surface area contributed by atoms with Crippen molar-refractivity contribution in [2.75, 3.05) is 0 Å². The molecule has 0 saturated carbocycles. The number of rotatable bonds is 17. The molecule has 0 aliphatic carbocycles. The maximum atomic E-state index is 11.0. The van der Waals surface area contributed by atoms with Gasteiger partial charge in [0.25, 0.3) is 0 Å². The van der Waals surface area contributed by atoms with E-state index in [2.05, 4.69) is 11.1 Å². The number of carbonyl (C=O) groups is 1. The standard InChI is InChI=1S/C18H36O5S.Na.H/c1-2-3-4-5-6-7-8-9-10-11-12-13-14-15-16-17-18(19)23-24(20,21)22;;/h2-17H2,1H3,(H,20,21,22);;. The van der Waals surface area contributed by atoms with Gasteiger partial charge in [0.15, 0.2) is 0 Å². The van der Waals surface area contributed by atoms with Gasteiger partial charge in [-0.2, -0.15) is 8.42 Å². The van der Waals surface area contributed by atoms with Crippen LogP contribution in [0.25, 0.3) is 0 Å². The minimum absolute atomic E-state index is 0. The average molecular weight is 389 g/mol. The van der Waals surface area contributed by atoms with Crippen LogP contribution in [0.4, 0.5) is 0 Å². The summed E-state index contributed by atoms with van der Waals surface area (Å²) >= 11 is 0. The Balaban J connectivity index is 0. The van der Waals surface area contributed by atoms with Crippen molar-refractivity contribution in [3.63, 3.8) is 0 Å². The molecule has 25 heavy (non-hydrogen) atoms. The molecule has 0 amide bonds. The second kappa shape index (κ2) is 19.2. The van der Waals surface area contributed by atoms with Gasteiger partial charge in [-0.3, -0.25) is 9.35 Å². The normalized spacial score (nSPS) is 11.1. The third kappa shape index (κ3) is 24.4. The van der Waals surface area contributed by atoms with Crippen molar-refractivity contribution in [1.82, 2.24) is 0 Å². The molecule has 0 rings (SSSR count). The molecule has 7 heteroatoms. The van der Waals surface area contributed by atoms with Crippen molar-refractivity contribution in [2.24, 2.45) is 0 Å². The molecule has 0 aromatic carbocycles. The molecule has 0 saturated heterocycles. The van der Waals surface area contributed by atoms with Gasteiger partial charge in [0.1, 0.15) is 0 Å². The van der Waals surface area contributed by atoms with Gasteiger partial charge in [-0.25, -0.2) is 0 Å². The Morgan fingerprint density at radius 3 is 1.36 bits per heavy atom. The van der Waals surface area contributed by atoms with Crippen molar-refractivity contribution in [2.45, 2.75) is 110 Å². The fourth-order valence-corrected chi connectivity index (χ4v) is 3.12. The SMILES string of the molecule is CCCCCCCCCCCCCCCCCC(=O)OS(=O)(=O)O.[NaH]. The molecular formula is C18H37NaO5S. The first kappa shape index (κ1) is 27.6. The topological polar surface area (TPSA) is 80.7 Å². The van der Waals surface area contributed by atoms with Crippen LogP contribution in [0.15, 0.2) is 0 Å². The van der Waals surface area contributed by atoms with Gasteiger partial charge in [-0.1, -0.05) is 96.8 Å². The van der Waals surface area contributed by atoms with Gasteiger partial charge in [-0.05, 0) is 6.42 Å². The Labute approximate surface area is 176 Å². The molecule has 0 bridgehead atoms.